The SMILES string of the molecule is [2H]c1c([2H])c([2H])c(-c2c3ccccc3c(-c3cccc4c(-c5c(-c6cccc7c6oc6ccc8ccccc8c67)ccc6oc7ccccc7c56)cccc34)c3ccccc23)c([2H])c1[2H].[2H]c1c([2H])c([2H])c(-c2c3ccccc3c(-c3cccc4c(-c5ccc6oc7ccccc7c6c5)cccc34)c3ccccc23)c([2H])c1[2H]. The van der Waals surface area contributed by atoms with Crippen molar-refractivity contribution < 1.29 is 27.0 Å². The third-order valence-corrected chi connectivity index (χ3v) is 20.9. The Morgan fingerprint density at radius 2 is 0.553 bits per heavy atom. The van der Waals surface area contributed by atoms with E-state index in [-0.39, 0.29) is 59.5 Å². The van der Waals surface area contributed by atoms with Crippen molar-refractivity contribution in [1.82, 2.24) is 0 Å². The fraction of sp³-hybridized carbons (Fsp3) is 0. The first-order valence-corrected chi connectivity index (χ1v) is 34.5. The van der Waals surface area contributed by atoms with E-state index in [1.807, 2.05) is 109 Å². The van der Waals surface area contributed by atoms with E-state index in [4.69, 9.17) is 27.0 Å². The van der Waals surface area contributed by atoms with Crippen LogP contribution in [0.3, 0.4) is 0 Å². The maximum Gasteiger partial charge on any atom is 0.143 e. The topological polar surface area (TPSA) is 39.4 Å². The van der Waals surface area contributed by atoms with Crippen molar-refractivity contribution >= 4 is 141 Å². The maximum absolute atomic E-state index is 9.05. The quantitative estimate of drug-likeness (QED) is 0.149. The second kappa shape index (κ2) is 23.5. The molecular formula is C100H60O3. The van der Waals surface area contributed by atoms with E-state index < -0.39 is 12.1 Å². The molecule has 19 aromatic carbocycles. The molecular weight excluding hydrogens is 1250 g/mol. The summed E-state index contributed by atoms with van der Waals surface area (Å²) in [5.41, 5.74) is 17.1. The number of rotatable bonds is 7. The predicted octanol–water partition coefficient (Wildman–Crippen LogP) is 28.8. The van der Waals surface area contributed by atoms with Crippen molar-refractivity contribution in [3.8, 4) is 77.9 Å². The van der Waals surface area contributed by atoms with Crippen LogP contribution in [0.2, 0.25) is 0 Å². The van der Waals surface area contributed by atoms with Crippen LogP contribution >= 0.6 is 0 Å². The molecule has 3 nitrogen and oxygen atoms in total. The van der Waals surface area contributed by atoms with Crippen LogP contribution in [0.4, 0.5) is 0 Å². The monoisotopic (exact) mass is 1320 g/mol. The van der Waals surface area contributed by atoms with Crippen molar-refractivity contribution in [2.24, 2.45) is 0 Å². The van der Waals surface area contributed by atoms with Crippen molar-refractivity contribution in [3.63, 3.8) is 0 Å². The molecule has 0 bridgehead atoms. The Bertz CT molecular complexity index is 7730. The van der Waals surface area contributed by atoms with E-state index in [0.717, 1.165) is 197 Å². The maximum atomic E-state index is 9.05. The van der Waals surface area contributed by atoms with E-state index in [2.05, 4.69) is 194 Å². The Morgan fingerprint density at radius 1 is 0.184 bits per heavy atom. The van der Waals surface area contributed by atoms with Gasteiger partial charge in [-0.15, -0.1) is 0 Å². The third kappa shape index (κ3) is 9.16. The predicted molar refractivity (Wildman–Crippen MR) is 435 cm³/mol. The van der Waals surface area contributed by atoms with Gasteiger partial charge in [0, 0.05) is 43.4 Å². The first-order valence-electron chi connectivity index (χ1n) is 39.5. The molecule has 478 valence electrons. The molecule has 0 saturated heterocycles. The van der Waals surface area contributed by atoms with Crippen LogP contribution in [-0.2, 0) is 0 Å². The highest BCUT2D eigenvalue weighted by atomic mass is 16.3. The zero-order valence-electron chi connectivity index (χ0n) is 65.1. The summed E-state index contributed by atoms with van der Waals surface area (Å²) in [5, 5.41) is 20.0. The fourth-order valence-electron chi connectivity index (χ4n) is 16.6. The minimum atomic E-state index is -0.411. The van der Waals surface area contributed by atoms with Gasteiger partial charge in [-0.25, -0.2) is 0 Å². The van der Waals surface area contributed by atoms with Gasteiger partial charge in [-0.3, -0.25) is 0 Å². The van der Waals surface area contributed by atoms with Crippen LogP contribution in [0.5, 0.6) is 0 Å². The summed E-state index contributed by atoms with van der Waals surface area (Å²) in [7, 11) is 0. The number of benzene rings is 19. The summed E-state index contributed by atoms with van der Waals surface area (Å²) in [6.45, 7) is 0. The molecule has 0 atom stereocenters. The number of hydrogen-bond donors (Lipinski definition) is 0. The molecule has 3 heterocycles. The second-order valence-corrected chi connectivity index (χ2v) is 26.3. The molecule has 0 radical (unpaired) electrons. The number of hydrogen-bond acceptors (Lipinski definition) is 3. The Balaban J connectivity index is 0.000000149. The van der Waals surface area contributed by atoms with Crippen LogP contribution in [-0.4, -0.2) is 0 Å². The molecule has 3 aromatic heterocycles. The van der Waals surface area contributed by atoms with Crippen LogP contribution in [0.15, 0.2) is 377 Å². The molecule has 3 heteroatoms. The summed E-state index contributed by atoms with van der Waals surface area (Å²) in [4.78, 5) is 0. The standard InChI is InChI=1S/C58H34O2.C42H26O/c1-2-16-36(17-3-1)53-42-19-6-8-21-44(42)54(45-22-9-7-20-43(45)53)40-26-12-25-39-38(40)24-13-27-41(39)56-46(32-34-52-57(56)48-23-10-11-30-50(48)59-52)47-28-14-29-49-55-37-18-5-4-15-35(37)31-33-51(55)60-58(47)49;1-2-12-27(13-3-1)41-34-15-4-6-17-36(34)42(37-18-7-5-16-35(37)41)33-22-11-20-30-29(19-10-21-31(30)33)28-24-25-40-38(26-28)32-14-8-9-23-39(32)43-40/h1-34H;1-26H/i1D,2D,3D,16D,17D;1D,2D,3D,12D,13D. The molecule has 0 spiro atoms. The minimum absolute atomic E-state index is 0.191. The van der Waals surface area contributed by atoms with Crippen molar-refractivity contribution in [2.45, 2.75) is 0 Å². The third-order valence-electron chi connectivity index (χ3n) is 20.9. The van der Waals surface area contributed by atoms with E-state index in [9.17, 15) is 0 Å². The van der Waals surface area contributed by atoms with Gasteiger partial charge in [-0.05, 0) is 185 Å². The highest BCUT2D eigenvalue weighted by molar-refractivity contribution is 6.28. The fourth-order valence-corrected chi connectivity index (χ4v) is 16.6. The van der Waals surface area contributed by atoms with Crippen LogP contribution in [0.25, 0.3) is 219 Å². The highest BCUT2D eigenvalue weighted by Crippen LogP contribution is 2.52. The molecule has 0 unspecified atom stereocenters. The molecule has 0 N–H and O–H groups in total. The molecule has 0 aliphatic heterocycles. The van der Waals surface area contributed by atoms with Gasteiger partial charge in [0.2, 0.25) is 0 Å². The Labute approximate surface area is 606 Å². The molecule has 0 aliphatic rings. The molecule has 22 aromatic rings. The van der Waals surface area contributed by atoms with Gasteiger partial charge in [0.25, 0.3) is 0 Å². The zero-order chi connectivity index (χ0) is 76.3. The number of fused-ring (bicyclic) bond motifs is 17. The van der Waals surface area contributed by atoms with Gasteiger partial charge < -0.3 is 13.3 Å². The van der Waals surface area contributed by atoms with E-state index >= 15 is 0 Å². The molecule has 103 heavy (non-hydrogen) atoms. The number of para-hydroxylation sites is 3. The first kappa shape index (κ1) is 49.0. The zero-order valence-corrected chi connectivity index (χ0v) is 55.1. The summed E-state index contributed by atoms with van der Waals surface area (Å²) in [6.07, 6.45) is 0. The van der Waals surface area contributed by atoms with Gasteiger partial charge in [0.15, 0.2) is 0 Å². The lowest BCUT2D eigenvalue weighted by atomic mass is 9.83. The summed E-state index contributed by atoms with van der Waals surface area (Å²) >= 11 is 0. The van der Waals surface area contributed by atoms with E-state index in [1.165, 1.54) is 0 Å². The van der Waals surface area contributed by atoms with Crippen molar-refractivity contribution in [1.29, 1.82) is 0 Å². The Morgan fingerprint density at radius 3 is 1.10 bits per heavy atom. The average Bonchev–Trinajstić information content (AvgIpc) is 1.67. The normalized spacial score (nSPS) is 13.2. The molecule has 0 fully saturated rings. The largest absolute Gasteiger partial charge is 0.456 e. The molecule has 22 rings (SSSR count). The molecule has 0 aliphatic carbocycles. The lowest BCUT2D eigenvalue weighted by molar-refractivity contribution is 0.668. The van der Waals surface area contributed by atoms with Gasteiger partial charge in [-0.2, -0.15) is 0 Å². The highest BCUT2D eigenvalue weighted by Gasteiger charge is 2.26. The summed E-state index contributed by atoms with van der Waals surface area (Å²) in [5.74, 6) is 0. The van der Waals surface area contributed by atoms with E-state index in [1.54, 1.807) is 0 Å². The summed E-state index contributed by atoms with van der Waals surface area (Å²) in [6, 6.07) is 101. The van der Waals surface area contributed by atoms with Gasteiger partial charge in [0.05, 0.1) is 13.7 Å². The van der Waals surface area contributed by atoms with Crippen molar-refractivity contribution in [2.75, 3.05) is 0 Å². The van der Waals surface area contributed by atoms with E-state index in [0.29, 0.717) is 11.1 Å². The Hall–Kier alpha value is -13.6. The second-order valence-electron chi connectivity index (χ2n) is 26.3. The van der Waals surface area contributed by atoms with Crippen LogP contribution in [0.1, 0.15) is 13.7 Å². The smallest absolute Gasteiger partial charge is 0.143 e. The number of furan rings is 3. The van der Waals surface area contributed by atoms with Crippen LogP contribution in [0, 0.1) is 0 Å². The lowest BCUT2D eigenvalue weighted by Gasteiger charge is -2.20. The molecule has 0 saturated carbocycles. The molecule has 0 amide bonds. The summed E-state index contributed by atoms with van der Waals surface area (Å²) < 4.78 is 106. The van der Waals surface area contributed by atoms with Crippen LogP contribution < -0.4 is 0 Å². The Kier molecular flexibility index (Phi) is 11.2. The average molecular weight is 1320 g/mol. The van der Waals surface area contributed by atoms with Gasteiger partial charge >= 0.3 is 0 Å². The first-order chi connectivity index (χ1) is 55.3. The van der Waals surface area contributed by atoms with Gasteiger partial charge in [-0.1, -0.05) is 321 Å². The van der Waals surface area contributed by atoms with Crippen molar-refractivity contribution in [3.05, 3.63) is 364 Å². The minimum Gasteiger partial charge on any atom is -0.456 e. The lowest BCUT2D eigenvalue weighted by Crippen LogP contribution is -1.93. The van der Waals surface area contributed by atoms with Gasteiger partial charge in [0.1, 0.15) is 33.5 Å².